The van der Waals surface area contributed by atoms with E-state index in [1.54, 1.807) is 26.0 Å². The molecule has 2 aromatic carbocycles. The van der Waals surface area contributed by atoms with Crippen LogP contribution >= 0.6 is 0 Å². The third-order valence-electron chi connectivity index (χ3n) is 9.56. The number of hydrogen-bond acceptors (Lipinski definition) is 5. The highest BCUT2D eigenvalue weighted by Gasteiger charge is 2.43. The maximum Gasteiger partial charge on any atom is 0.320 e. The van der Waals surface area contributed by atoms with E-state index in [1.807, 2.05) is 6.07 Å². The van der Waals surface area contributed by atoms with E-state index in [1.165, 1.54) is 30.3 Å². The summed E-state index contributed by atoms with van der Waals surface area (Å²) in [6.45, 7) is 7.29. The van der Waals surface area contributed by atoms with Crippen LogP contribution < -0.4 is 0 Å². The number of piperidine rings is 1. The Balaban J connectivity index is 1.22. The van der Waals surface area contributed by atoms with Crippen LogP contribution in [0.25, 0.3) is 0 Å². The summed E-state index contributed by atoms with van der Waals surface area (Å²) in [7, 11) is -3.62. The topological polar surface area (TPSA) is 77.9 Å². The molecule has 2 aliphatic heterocycles. The fourth-order valence-corrected chi connectivity index (χ4v) is 8.56. The summed E-state index contributed by atoms with van der Waals surface area (Å²) in [4.78, 5) is 16.9. The van der Waals surface area contributed by atoms with E-state index in [0.717, 1.165) is 50.9 Å². The van der Waals surface area contributed by atoms with Crippen LogP contribution in [0.3, 0.4) is 0 Å². The van der Waals surface area contributed by atoms with Crippen molar-refractivity contribution in [3.8, 4) is 0 Å². The molecule has 41 heavy (non-hydrogen) atoms. The zero-order valence-electron chi connectivity index (χ0n) is 24.0. The minimum Gasteiger partial charge on any atom is -0.480 e. The quantitative estimate of drug-likeness (QED) is 0.345. The van der Waals surface area contributed by atoms with Crippen LogP contribution in [0.15, 0.2) is 53.4 Å². The molecule has 3 unspecified atom stereocenters. The highest BCUT2D eigenvalue weighted by atomic mass is 32.2. The average molecular weight is 589 g/mol. The Morgan fingerprint density at radius 2 is 1.66 bits per heavy atom. The van der Waals surface area contributed by atoms with Crippen molar-refractivity contribution in [3.63, 3.8) is 0 Å². The molecule has 0 radical (unpaired) electrons. The summed E-state index contributed by atoms with van der Waals surface area (Å²) in [6, 6.07) is 11.3. The molecule has 9 heteroatoms. The van der Waals surface area contributed by atoms with Crippen LogP contribution in [0.4, 0.5) is 8.78 Å². The van der Waals surface area contributed by atoms with Crippen molar-refractivity contribution in [3.05, 3.63) is 65.7 Å². The lowest BCUT2D eigenvalue weighted by Gasteiger charge is -2.37. The number of benzene rings is 2. The molecule has 2 heterocycles. The predicted molar refractivity (Wildman–Crippen MR) is 154 cm³/mol. The molecule has 1 aliphatic carbocycles. The van der Waals surface area contributed by atoms with Crippen LogP contribution in [-0.2, 0) is 14.6 Å². The highest BCUT2D eigenvalue weighted by Crippen LogP contribution is 2.40. The van der Waals surface area contributed by atoms with Gasteiger partial charge in [-0.15, -0.1) is 0 Å². The molecule has 2 aromatic rings. The smallest absolute Gasteiger partial charge is 0.320 e. The first-order chi connectivity index (χ1) is 19.4. The summed E-state index contributed by atoms with van der Waals surface area (Å²) in [6.07, 6.45) is 5.17. The van der Waals surface area contributed by atoms with Crippen LogP contribution in [0.1, 0.15) is 63.9 Å². The van der Waals surface area contributed by atoms with Gasteiger partial charge in [-0.2, -0.15) is 0 Å². The number of carboxylic acids is 1. The summed E-state index contributed by atoms with van der Waals surface area (Å²) < 4.78 is 53.2. The molecule has 1 N–H and O–H groups in total. The molecule has 224 valence electrons. The average Bonchev–Trinajstić information content (AvgIpc) is 3.66. The Bertz CT molecular complexity index is 1320. The Kier molecular flexibility index (Phi) is 8.88. The van der Waals surface area contributed by atoms with Crippen molar-refractivity contribution in [1.82, 2.24) is 9.80 Å². The molecule has 1 saturated carbocycles. The second-order valence-electron chi connectivity index (χ2n) is 13.1. The highest BCUT2D eigenvalue weighted by molar-refractivity contribution is 7.92. The van der Waals surface area contributed by atoms with Crippen molar-refractivity contribution < 1.29 is 27.1 Å². The van der Waals surface area contributed by atoms with Crippen LogP contribution in [0, 0.1) is 29.4 Å². The SMILES string of the molecule is CC(C)(CC1CCN(CC2CN(C(CC3CC3)C(=O)O)CC2c2cccc(F)c2)CC1)S(=O)(=O)c1ccc(F)cc1. The lowest BCUT2D eigenvalue weighted by atomic mass is 9.86. The zero-order valence-corrected chi connectivity index (χ0v) is 24.8. The molecule has 6 nitrogen and oxygen atoms in total. The third kappa shape index (κ3) is 7.00. The second-order valence-corrected chi connectivity index (χ2v) is 15.7. The largest absolute Gasteiger partial charge is 0.480 e. The molecule has 2 saturated heterocycles. The van der Waals surface area contributed by atoms with Gasteiger partial charge in [-0.1, -0.05) is 25.0 Å². The van der Waals surface area contributed by atoms with Gasteiger partial charge in [-0.05, 0) is 112 Å². The Morgan fingerprint density at radius 3 is 2.27 bits per heavy atom. The normalized spacial score (nSPS) is 24.0. The van der Waals surface area contributed by atoms with Gasteiger partial charge in [0, 0.05) is 25.6 Å². The molecule has 0 aromatic heterocycles. The molecule has 0 spiro atoms. The van der Waals surface area contributed by atoms with Crippen molar-refractivity contribution in [2.24, 2.45) is 17.8 Å². The first-order valence-electron chi connectivity index (χ1n) is 14.9. The monoisotopic (exact) mass is 588 g/mol. The maximum absolute atomic E-state index is 14.2. The van der Waals surface area contributed by atoms with E-state index in [9.17, 15) is 27.1 Å². The van der Waals surface area contributed by atoms with Crippen LogP contribution in [-0.4, -0.2) is 72.8 Å². The lowest BCUT2D eigenvalue weighted by molar-refractivity contribution is -0.143. The number of carboxylic acid groups (broad SMARTS) is 1. The molecular weight excluding hydrogens is 546 g/mol. The Labute approximate surface area is 242 Å². The molecular formula is C32H42F2N2O4S. The second kappa shape index (κ2) is 12.1. The Morgan fingerprint density at radius 1 is 0.976 bits per heavy atom. The van der Waals surface area contributed by atoms with Gasteiger partial charge in [-0.25, -0.2) is 17.2 Å². The van der Waals surface area contributed by atoms with Crippen molar-refractivity contribution in [2.75, 3.05) is 32.7 Å². The van der Waals surface area contributed by atoms with E-state index in [0.29, 0.717) is 31.8 Å². The van der Waals surface area contributed by atoms with Gasteiger partial charge < -0.3 is 10.0 Å². The molecule has 0 bridgehead atoms. The first kappa shape index (κ1) is 30.1. The van der Waals surface area contributed by atoms with Crippen LogP contribution in [0.5, 0.6) is 0 Å². The summed E-state index contributed by atoms with van der Waals surface area (Å²) in [5.74, 6) is -0.501. The first-order valence-corrected chi connectivity index (χ1v) is 16.4. The summed E-state index contributed by atoms with van der Waals surface area (Å²) >= 11 is 0. The summed E-state index contributed by atoms with van der Waals surface area (Å²) in [5.41, 5.74) is 0.927. The minimum atomic E-state index is -3.62. The minimum absolute atomic E-state index is 0.0595. The summed E-state index contributed by atoms with van der Waals surface area (Å²) in [5, 5.41) is 10.0. The number of aliphatic carboxylic acids is 1. The number of carbonyl (C=O) groups is 1. The maximum atomic E-state index is 14.2. The molecule has 0 amide bonds. The lowest BCUT2D eigenvalue weighted by Crippen LogP contribution is -2.42. The van der Waals surface area contributed by atoms with Gasteiger partial charge in [0.15, 0.2) is 9.84 Å². The van der Waals surface area contributed by atoms with Crippen molar-refractivity contribution in [2.45, 2.75) is 74.0 Å². The zero-order chi connectivity index (χ0) is 29.4. The standard InChI is InChI=1S/C32H42F2N2O4S/c1-32(2,41(39,40)28-10-8-26(33)9-11-28)18-23-12-14-35(15-13-23)19-25-20-36(30(31(37)38)16-22-6-7-22)21-29(25)24-4-3-5-27(34)17-24/h3-5,8-11,17,22-23,25,29-30H,6-7,12-16,18-21H2,1-2H3,(H,37,38). The number of likely N-dealkylation sites (tertiary alicyclic amines) is 2. The third-order valence-corrected chi connectivity index (χ3v) is 12.1. The number of sulfone groups is 1. The molecule has 5 rings (SSSR count). The van der Waals surface area contributed by atoms with E-state index >= 15 is 0 Å². The number of halogens is 2. The number of rotatable bonds is 11. The van der Waals surface area contributed by atoms with E-state index < -0.39 is 32.4 Å². The number of hydrogen-bond donors (Lipinski definition) is 1. The van der Waals surface area contributed by atoms with Gasteiger partial charge in [0.2, 0.25) is 0 Å². The van der Waals surface area contributed by atoms with Crippen molar-refractivity contribution in [1.29, 1.82) is 0 Å². The van der Waals surface area contributed by atoms with E-state index in [-0.39, 0.29) is 28.5 Å². The van der Waals surface area contributed by atoms with Gasteiger partial charge in [-0.3, -0.25) is 9.69 Å². The van der Waals surface area contributed by atoms with Gasteiger partial charge in [0.25, 0.3) is 0 Å². The molecule has 3 atom stereocenters. The predicted octanol–water partition coefficient (Wildman–Crippen LogP) is 5.59. The van der Waals surface area contributed by atoms with E-state index in [4.69, 9.17) is 0 Å². The van der Waals surface area contributed by atoms with Gasteiger partial charge >= 0.3 is 5.97 Å². The van der Waals surface area contributed by atoms with Crippen LogP contribution in [0.2, 0.25) is 0 Å². The van der Waals surface area contributed by atoms with Gasteiger partial charge in [0.1, 0.15) is 17.7 Å². The molecule has 3 fully saturated rings. The van der Waals surface area contributed by atoms with E-state index in [2.05, 4.69) is 9.80 Å². The fraction of sp³-hybridized carbons (Fsp3) is 0.594. The van der Waals surface area contributed by atoms with Crippen molar-refractivity contribution >= 4 is 15.8 Å². The Hall–Kier alpha value is -2.36. The number of nitrogens with zero attached hydrogens (tertiary/aromatic N) is 2. The fourth-order valence-electron chi connectivity index (χ4n) is 6.98. The van der Waals surface area contributed by atoms with Gasteiger partial charge in [0.05, 0.1) is 9.64 Å². The molecule has 3 aliphatic rings.